The molecule has 6 nitrogen and oxygen atoms in total. The van der Waals surface area contributed by atoms with Crippen LogP contribution in [0.5, 0.6) is 0 Å². The van der Waals surface area contributed by atoms with Gasteiger partial charge in [-0.2, -0.15) is 0 Å². The predicted molar refractivity (Wildman–Crippen MR) is 175 cm³/mol. The molecule has 0 radical (unpaired) electrons. The van der Waals surface area contributed by atoms with Crippen LogP contribution in [0.4, 0.5) is 11.4 Å². The van der Waals surface area contributed by atoms with Gasteiger partial charge in [-0.25, -0.2) is 9.28 Å². The molecule has 2 aromatic carbocycles. The van der Waals surface area contributed by atoms with E-state index in [4.69, 9.17) is 9.47 Å². The molecule has 0 aliphatic carbocycles. The zero-order valence-electron chi connectivity index (χ0n) is 27.2. The summed E-state index contributed by atoms with van der Waals surface area (Å²) in [6.07, 6.45) is 5.75. The van der Waals surface area contributed by atoms with Gasteiger partial charge < -0.3 is 14.8 Å². The monoisotopic (exact) mass is 579 g/mol. The molecule has 0 fully saturated rings. The van der Waals surface area contributed by atoms with Crippen LogP contribution in [0.3, 0.4) is 0 Å². The molecule has 0 aliphatic rings. The largest absolute Gasteiger partial charge is 0.355 e. The lowest BCUT2D eigenvalue weighted by Gasteiger charge is -2.37. The molecule has 0 saturated carbocycles. The Morgan fingerprint density at radius 3 is 2.29 bits per heavy atom. The molecule has 2 aromatic rings. The molecule has 2 amide bonds. The highest BCUT2D eigenvalue weighted by Crippen LogP contribution is 2.38. The van der Waals surface area contributed by atoms with Crippen LogP contribution < -0.4 is 9.80 Å². The summed E-state index contributed by atoms with van der Waals surface area (Å²) < 4.78 is 11.6. The van der Waals surface area contributed by atoms with E-state index in [0.717, 1.165) is 36.9 Å². The van der Waals surface area contributed by atoms with Crippen LogP contribution in [0.2, 0.25) is 0 Å². The molecule has 1 N–H and O–H groups in total. The summed E-state index contributed by atoms with van der Waals surface area (Å²) in [5.74, 6) is 0.335. The molecule has 232 valence electrons. The highest BCUT2D eigenvalue weighted by Gasteiger charge is 2.41. The van der Waals surface area contributed by atoms with E-state index in [9.17, 15) is 9.59 Å². The van der Waals surface area contributed by atoms with Gasteiger partial charge in [-0.3, -0.25) is 4.79 Å². The number of likely N-dealkylation sites (N-methyl/N-ethyl adjacent to an activating group) is 1. The van der Waals surface area contributed by atoms with Crippen LogP contribution in [-0.4, -0.2) is 44.9 Å². The molecule has 0 heterocycles. The molecule has 3 atom stereocenters. The molecule has 3 unspecified atom stereocenters. The number of carbonyl (C=O) groups excluding carboxylic acids is 2. The van der Waals surface area contributed by atoms with Crippen molar-refractivity contribution in [2.45, 2.75) is 80.1 Å². The van der Waals surface area contributed by atoms with Crippen LogP contribution in [0.1, 0.15) is 85.6 Å². The van der Waals surface area contributed by atoms with Crippen molar-refractivity contribution in [3.8, 4) is 0 Å². The molecule has 0 aliphatic heterocycles. The van der Waals surface area contributed by atoms with Gasteiger partial charge in [-0.05, 0) is 50.3 Å². The van der Waals surface area contributed by atoms with Gasteiger partial charge in [0.1, 0.15) is 19.0 Å². The van der Waals surface area contributed by atoms with Gasteiger partial charge in [-0.1, -0.05) is 89.9 Å². The number of hydrogen-bond donors (Lipinski definition) is 1. The number of nitrogens with one attached hydrogen (secondary N) is 1. The quantitative estimate of drug-likeness (QED) is 0.0786. The topological polar surface area (TPSA) is 64.6 Å². The third-order valence-corrected chi connectivity index (χ3v) is 8.34. The van der Waals surface area contributed by atoms with Crippen molar-refractivity contribution >= 4 is 23.2 Å². The van der Waals surface area contributed by atoms with Gasteiger partial charge in [0.25, 0.3) is 0 Å². The minimum absolute atomic E-state index is 0.104. The van der Waals surface area contributed by atoms with Gasteiger partial charge in [0, 0.05) is 24.3 Å². The molecular formula is C36H55N2O4+. The first-order valence-corrected chi connectivity index (χ1v) is 15.7. The smallest absolute Gasteiger partial charge is 0.321 e. The highest BCUT2D eigenvalue weighted by molar-refractivity contribution is 5.97. The number of carbonyl (C=O) groups is 2. The minimum Gasteiger partial charge on any atom is -0.355 e. The molecule has 42 heavy (non-hydrogen) atoms. The first kappa shape index (κ1) is 35.4. The Bertz CT molecular complexity index is 1110. The highest BCUT2D eigenvalue weighted by atomic mass is 16.7. The van der Waals surface area contributed by atoms with Crippen LogP contribution in [0.25, 0.3) is 0 Å². The third kappa shape index (κ3) is 9.62. The number of amides is 2. The van der Waals surface area contributed by atoms with E-state index in [2.05, 4.69) is 32.7 Å². The fourth-order valence-corrected chi connectivity index (χ4v) is 5.43. The van der Waals surface area contributed by atoms with Crippen molar-refractivity contribution in [2.24, 2.45) is 17.3 Å². The average Bonchev–Trinajstić information content (AvgIpc) is 2.98. The van der Waals surface area contributed by atoms with Crippen molar-refractivity contribution in [3.63, 3.8) is 0 Å². The summed E-state index contributed by atoms with van der Waals surface area (Å²) in [6.45, 7) is 20.9. The van der Waals surface area contributed by atoms with E-state index in [1.807, 2.05) is 88.4 Å². The molecule has 0 spiro atoms. The van der Waals surface area contributed by atoms with E-state index in [-0.39, 0.29) is 34.9 Å². The Labute approximate surface area is 255 Å². The van der Waals surface area contributed by atoms with Gasteiger partial charge >= 0.3 is 5.91 Å². The Balaban J connectivity index is 2.33. The number of unbranched alkanes of at least 4 members (excludes halogenated alkanes) is 1. The second kappa shape index (κ2) is 17.3. The second-order valence-corrected chi connectivity index (χ2v) is 12.4. The van der Waals surface area contributed by atoms with E-state index in [1.54, 1.807) is 0 Å². The van der Waals surface area contributed by atoms with Gasteiger partial charge in [0.15, 0.2) is 0 Å². The number of benzene rings is 2. The van der Waals surface area contributed by atoms with Gasteiger partial charge in [-0.15, -0.1) is 6.58 Å². The number of nitrogens with zero attached hydrogens (tertiary/aromatic N) is 1. The summed E-state index contributed by atoms with van der Waals surface area (Å²) in [6, 6.07) is 17.7. The number of ether oxygens (including phenoxy) is 2. The van der Waals surface area contributed by atoms with Crippen molar-refractivity contribution in [2.75, 3.05) is 38.4 Å². The molecule has 6 heteroatoms. The molecule has 2 rings (SSSR count). The van der Waals surface area contributed by atoms with E-state index < -0.39 is 5.41 Å². The van der Waals surface area contributed by atoms with Crippen molar-refractivity contribution < 1.29 is 19.1 Å². The van der Waals surface area contributed by atoms with E-state index >= 15 is 0 Å². The van der Waals surface area contributed by atoms with Crippen LogP contribution >= 0.6 is 0 Å². The van der Waals surface area contributed by atoms with Crippen molar-refractivity contribution in [3.05, 3.63) is 72.8 Å². The zero-order valence-corrected chi connectivity index (χ0v) is 27.2. The van der Waals surface area contributed by atoms with Crippen LogP contribution in [0.15, 0.2) is 67.3 Å². The molecule has 0 bridgehead atoms. The number of quaternary nitrogens is 1. The molecular weight excluding hydrogens is 524 g/mol. The summed E-state index contributed by atoms with van der Waals surface area (Å²) >= 11 is 0. The summed E-state index contributed by atoms with van der Waals surface area (Å²) in [4.78, 5) is 27.9. The maximum Gasteiger partial charge on any atom is 0.321 e. The first-order chi connectivity index (χ1) is 20.0. The average molecular weight is 580 g/mol. The maximum atomic E-state index is 14.2. The first-order valence-electron chi connectivity index (χ1n) is 15.7. The number of rotatable bonds is 19. The number of anilines is 1. The van der Waals surface area contributed by atoms with Crippen molar-refractivity contribution in [1.29, 1.82) is 0 Å². The third-order valence-electron chi connectivity index (χ3n) is 8.34. The Hall–Kier alpha value is -2.80. The predicted octanol–water partition coefficient (Wildman–Crippen LogP) is 8.34. The Morgan fingerprint density at radius 2 is 1.67 bits per heavy atom. The zero-order chi connectivity index (χ0) is 31.2. The standard InChI is InChI=1S/C36H54N2O4/c1-9-12-24-41-27-42-25-23-38(11-3,34(39)29(6)22-21-28(4)5)32-20-16-19-31(26-32)37-35(40)36(7,8)33(10-2)30-17-14-13-15-18-30/h10,13-20,26,28-29,33H,2,9,11-12,21-25,27H2,1,3-8H3/p+1. The van der Waals surface area contributed by atoms with E-state index in [1.165, 1.54) is 0 Å². The maximum absolute atomic E-state index is 14.2. The number of hydrogen-bond acceptors (Lipinski definition) is 4. The lowest BCUT2D eigenvalue weighted by molar-refractivity contribution is -0.136. The Kier molecular flexibility index (Phi) is 14.6. The summed E-state index contributed by atoms with van der Waals surface area (Å²) in [5.41, 5.74) is 1.82. The van der Waals surface area contributed by atoms with Crippen LogP contribution in [0, 0.1) is 17.3 Å². The van der Waals surface area contributed by atoms with Gasteiger partial charge in [0.2, 0.25) is 5.91 Å². The lowest BCUT2D eigenvalue weighted by atomic mass is 9.74. The SMILES string of the molecule is C=CC(c1ccccc1)C(C)(C)C(=O)Nc1cccc([N+](CC)(CCOCOCCCC)C(=O)C(C)CCC(C)C)c1. The summed E-state index contributed by atoms with van der Waals surface area (Å²) in [7, 11) is 0. The van der Waals surface area contributed by atoms with E-state index in [0.29, 0.717) is 37.9 Å². The van der Waals surface area contributed by atoms with Crippen molar-refractivity contribution in [1.82, 2.24) is 4.48 Å². The molecule has 0 aromatic heterocycles. The summed E-state index contributed by atoms with van der Waals surface area (Å²) in [5, 5.41) is 3.15. The lowest BCUT2D eigenvalue weighted by Crippen LogP contribution is -2.58. The fourth-order valence-electron chi connectivity index (χ4n) is 5.43. The van der Waals surface area contributed by atoms with Crippen LogP contribution in [-0.2, 0) is 19.1 Å². The Morgan fingerprint density at radius 1 is 0.976 bits per heavy atom. The fraction of sp³-hybridized carbons (Fsp3) is 0.556. The minimum atomic E-state index is -0.747. The van der Waals surface area contributed by atoms with Gasteiger partial charge in [0.05, 0.1) is 24.5 Å². The molecule has 0 saturated heterocycles. The second-order valence-electron chi connectivity index (χ2n) is 12.4. The number of allylic oxidation sites excluding steroid dienone is 1. The normalized spacial score (nSPS) is 14.7.